The van der Waals surface area contributed by atoms with Crippen molar-refractivity contribution in [2.75, 3.05) is 38.5 Å². The molecule has 1 fully saturated rings. The normalized spacial score (nSPS) is 17.9. The number of nitrogens with zero attached hydrogens (tertiary/aromatic N) is 2. The van der Waals surface area contributed by atoms with E-state index in [1.165, 1.54) is 5.56 Å². The van der Waals surface area contributed by atoms with Crippen molar-refractivity contribution in [1.82, 2.24) is 15.1 Å². The Morgan fingerprint density at radius 3 is 2.41 bits per heavy atom. The van der Waals surface area contributed by atoms with E-state index in [2.05, 4.69) is 58.7 Å². The Labute approximate surface area is 166 Å². The van der Waals surface area contributed by atoms with Gasteiger partial charge in [0.1, 0.15) is 0 Å². The summed E-state index contributed by atoms with van der Waals surface area (Å²) in [6.45, 7) is 6.10. The van der Waals surface area contributed by atoms with Crippen molar-refractivity contribution in [3.05, 3.63) is 65.2 Å². The highest BCUT2D eigenvalue weighted by Crippen LogP contribution is 2.25. The molecule has 0 aliphatic carbocycles. The van der Waals surface area contributed by atoms with Crippen LogP contribution in [0.15, 0.2) is 54.6 Å². The third-order valence-corrected chi connectivity index (χ3v) is 5.22. The molecule has 2 aromatic rings. The second kappa shape index (κ2) is 9.22. The van der Waals surface area contributed by atoms with Crippen LogP contribution >= 0.6 is 11.6 Å². The monoisotopic (exact) mass is 386 g/mol. The topological polar surface area (TPSA) is 47.6 Å². The van der Waals surface area contributed by atoms with Gasteiger partial charge in [-0.3, -0.25) is 4.90 Å². The smallest absolute Gasteiger partial charge is 0.319 e. The van der Waals surface area contributed by atoms with E-state index in [9.17, 15) is 4.79 Å². The molecule has 5 nitrogen and oxygen atoms in total. The predicted octanol–water partition coefficient (Wildman–Crippen LogP) is 3.84. The first-order valence-electron chi connectivity index (χ1n) is 9.33. The molecule has 0 aromatic heterocycles. The molecule has 1 saturated heterocycles. The van der Waals surface area contributed by atoms with Gasteiger partial charge in [0.2, 0.25) is 0 Å². The zero-order valence-corrected chi connectivity index (χ0v) is 16.6. The molecule has 6 heteroatoms. The minimum Gasteiger partial charge on any atom is -0.333 e. The molecule has 1 aliphatic heterocycles. The van der Waals surface area contributed by atoms with Gasteiger partial charge in [-0.1, -0.05) is 48.0 Å². The summed E-state index contributed by atoms with van der Waals surface area (Å²) >= 11 is 6.00. The highest BCUT2D eigenvalue weighted by Gasteiger charge is 2.29. The molecule has 0 saturated carbocycles. The van der Waals surface area contributed by atoms with E-state index in [-0.39, 0.29) is 18.1 Å². The number of rotatable bonds is 5. The molecule has 144 valence electrons. The SMILES string of the molecule is CC(NC(=O)Nc1cccc(Cl)c1)C(c1ccccc1)N1CCN(C)CC1. The summed E-state index contributed by atoms with van der Waals surface area (Å²) in [6, 6.07) is 17.4. The summed E-state index contributed by atoms with van der Waals surface area (Å²) in [4.78, 5) is 17.3. The van der Waals surface area contributed by atoms with E-state index >= 15 is 0 Å². The van der Waals surface area contributed by atoms with Gasteiger partial charge in [0.25, 0.3) is 0 Å². The molecule has 0 radical (unpaired) electrons. The average molecular weight is 387 g/mol. The molecule has 3 rings (SSSR count). The van der Waals surface area contributed by atoms with Crippen molar-refractivity contribution < 1.29 is 4.79 Å². The Hall–Kier alpha value is -2.08. The number of halogens is 1. The molecular formula is C21H27ClN4O. The van der Waals surface area contributed by atoms with Crippen LogP contribution in [0.2, 0.25) is 5.02 Å². The van der Waals surface area contributed by atoms with Crippen molar-refractivity contribution in [2.45, 2.75) is 19.0 Å². The van der Waals surface area contributed by atoms with Crippen LogP contribution in [0.1, 0.15) is 18.5 Å². The van der Waals surface area contributed by atoms with Crippen molar-refractivity contribution in [2.24, 2.45) is 0 Å². The zero-order valence-electron chi connectivity index (χ0n) is 15.9. The maximum Gasteiger partial charge on any atom is 0.319 e. The first-order valence-corrected chi connectivity index (χ1v) is 9.71. The quantitative estimate of drug-likeness (QED) is 0.820. The van der Waals surface area contributed by atoms with Gasteiger partial charge in [0.15, 0.2) is 0 Å². The number of hydrogen-bond donors (Lipinski definition) is 2. The van der Waals surface area contributed by atoms with Crippen molar-refractivity contribution >= 4 is 23.3 Å². The van der Waals surface area contributed by atoms with Crippen LogP contribution in [0, 0.1) is 0 Å². The molecule has 27 heavy (non-hydrogen) atoms. The maximum absolute atomic E-state index is 12.5. The van der Waals surface area contributed by atoms with Crippen LogP contribution in [-0.2, 0) is 0 Å². The molecule has 0 spiro atoms. The van der Waals surface area contributed by atoms with Gasteiger partial charge in [0, 0.05) is 42.9 Å². The highest BCUT2D eigenvalue weighted by molar-refractivity contribution is 6.30. The van der Waals surface area contributed by atoms with E-state index in [0.717, 1.165) is 26.2 Å². The van der Waals surface area contributed by atoms with Gasteiger partial charge in [-0.2, -0.15) is 0 Å². The van der Waals surface area contributed by atoms with Gasteiger partial charge in [-0.15, -0.1) is 0 Å². The standard InChI is InChI=1S/C21H27ClN4O/c1-16(23-21(27)24-19-10-6-9-18(22)15-19)20(17-7-4-3-5-8-17)26-13-11-25(2)12-14-26/h3-10,15-16,20H,11-14H2,1-2H3,(H2,23,24,27). The van der Waals surface area contributed by atoms with Gasteiger partial charge in [-0.25, -0.2) is 4.79 Å². The van der Waals surface area contributed by atoms with Crippen molar-refractivity contribution in [3.8, 4) is 0 Å². The van der Waals surface area contributed by atoms with Crippen LogP contribution in [0.4, 0.5) is 10.5 Å². The highest BCUT2D eigenvalue weighted by atomic mass is 35.5. The lowest BCUT2D eigenvalue weighted by molar-refractivity contribution is 0.0954. The number of likely N-dealkylation sites (N-methyl/N-ethyl adjacent to an activating group) is 1. The lowest BCUT2D eigenvalue weighted by Crippen LogP contribution is -2.52. The second-order valence-electron chi connectivity index (χ2n) is 7.09. The molecule has 2 aromatic carbocycles. The fourth-order valence-electron chi connectivity index (χ4n) is 3.59. The molecular weight excluding hydrogens is 360 g/mol. The molecule has 1 heterocycles. The molecule has 2 atom stereocenters. The number of urea groups is 1. The van der Waals surface area contributed by atoms with E-state index in [1.54, 1.807) is 12.1 Å². The van der Waals surface area contributed by atoms with Crippen molar-refractivity contribution in [3.63, 3.8) is 0 Å². The predicted molar refractivity (Wildman–Crippen MR) is 111 cm³/mol. The summed E-state index contributed by atoms with van der Waals surface area (Å²) in [5.41, 5.74) is 1.90. The largest absolute Gasteiger partial charge is 0.333 e. The fraction of sp³-hybridized carbons (Fsp3) is 0.381. The Balaban J connectivity index is 1.70. The lowest BCUT2D eigenvalue weighted by Gasteiger charge is -2.41. The summed E-state index contributed by atoms with van der Waals surface area (Å²) in [6.07, 6.45) is 0. The molecule has 2 N–H and O–H groups in total. The average Bonchev–Trinajstić information content (AvgIpc) is 2.64. The zero-order chi connectivity index (χ0) is 19.2. The van der Waals surface area contributed by atoms with Crippen molar-refractivity contribution in [1.29, 1.82) is 0 Å². The summed E-state index contributed by atoms with van der Waals surface area (Å²) in [5, 5.41) is 6.57. The summed E-state index contributed by atoms with van der Waals surface area (Å²) in [5.74, 6) is 0. The van der Waals surface area contributed by atoms with E-state index in [1.807, 2.05) is 18.2 Å². The first kappa shape index (κ1) is 19.7. The first-order chi connectivity index (χ1) is 13.0. The van der Waals surface area contributed by atoms with E-state index < -0.39 is 0 Å². The Kier molecular flexibility index (Phi) is 6.72. The Morgan fingerprint density at radius 2 is 1.74 bits per heavy atom. The number of nitrogens with one attached hydrogen (secondary N) is 2. The Bertz CT molecular complexity index is 747. The summed E-state index contributed by atoms with van der Waals surface area (Å²) < 4.78 is 0. The van der Waals surface area contributed by atoms with E-state index in [0.29, 0.717) is 10.7 Å². The molecule has 1 aliphatic rings. The van der Waals surface area contributed by atoms with Crippen LogP contribution in [0.5, 0.6) is 0 Å². The number of carbonyl (C=O) groups is 1. The second-order valence-corrected chi connectivity index (χ2v) is 7.53. The fourth-order valence-corrected chi connectivity index (χ4v) is 3.78. The van der Waals surface area contributed by atoms with E-state index in [4.69, 9.17) is 11.6 Å². The molecule has 0 bridgehead atoms. The number of carbonyl (C=O) groups excluding carboxylic acids is 1. The molecule has 2 unspecified atom stereocenters. The number of anilines is 1. The van der Waals surface area contributed by atoms with Gasteiger partial charge in [-0.05, 0) is 37.7 Å². The minimum atomic E-state index is -0.222. The van der Waals surface area contributed by atoms with Crippen LogP contribution in [0.25, 0.3) is 0 Å². The minimum absolute atomic E-state index is 0.0463. The number of benzene rings is 2. The number of piperazine rings is 1. The van der Waals surface area contributed by atoms with Gasteiger partial charge >= 0.3 is 6.03 Å². The number of hydrogen-bond acceptors (Lipinski definition) is 3. The maximum atomic E-state index is 12.5. The van der Waals surface area contributed by atoms with Crippen LogP contribution in [0.3, 0.4) is 0 Å². The lowest BCUT2D eigenvalue weighted by atomic mass is 9.98. The third-order valence-electron chi connectivity index (χ3n) is 4.99. The van der Waals surface area contributed by atoms with Gasteiger partial charge in [0.05, 0.1) is 6.04 Å². The van der Waals surface area contributed by atoms with Crippen LogP contribution in [-0.4, -0.2) is 55.1 Å². The third kappa shape index (κ3) is 5.45. The van der Waals surface area contributed by atoms with Gasteiger partial charge < -0.3 is 15.5 Å². The Morgan fingerprint density at radius 1 is 1.04 bits per heavy atom. The summed E-state index contributed by atoms with van der Waals surface area (Å²) in [7, 11) is 2.15. The molecule has 2 amide bonds. The van der Waals surface area contributed by atoms with Crippen LogP contribution < -0.4 is 10.6 Å². The number of amides is 2.